The summed E-state index contributed by atoms with van der Waals surface area (Å²) in [6.45, 7) is 1.59. The average molecular weight is 212 g/mol. The Kier molecular flexibility index (Phi) is 3.01. The minimum absolute atomic E-state index is 0.0940. The molecule has 0 aromatic rings. The van der Waals surface area contributed by atoms with Gasteiger partial charge in [-0.3, -0.25) is 4.18 Å². The lowest BCUT2D eigenvalue weighted by atomic mass is 10.3. The average Bonchev–Trinajstić information content (AvgIpc) is 2.24. The summed E-state index contributed by atoms with van der Waals surface area (Å²) in [4.78, 5) is 10.7. The molecule has 0 aliphatic carbocycles. The summed E-state index contributed by atoms with van der Waals surface area (Å²) in [5.41, 5.74) is 0. The van der Waals surface area contributed by atoms with Crippen LogP contribution in [0.5, 0.6) is 0 Å². The van der Waals surface area contributed by atoms with Crippen molar-refractivity contribution in [1.82, 2.24) is 0 Å². The summed E-state index contributed by atoms with van der Waals surface area (Å²) >= 11 is 0. The van der Waals surface area contributed by atoms with Crippen LogP contribution in [0.25, 0.3) is 0 Å². The largest absolute Gasteiger partial charge is 0.508 e. The second kappa shape index (κ2) is 3.70. The number of carbonyl (C=O) groups excluding carboxylic acids is 1. The van der Waals surface area contributed by atoms with Crippen molar-refractivity contribution in [3.63, 3.8) is 0 Å². The molecule has 0 aromatic carbocycles. The summed E-state index contributed by atoms with van der Waals surface area (Å²) in [5, 5.41) is 0. The van der Waals surface area contributed by atoms with Gasteiger partial charge in [0.05, 0.1) is 23.7 Å². The van der Waals surface area contributed by atoms with E-state index in [1.54, 1.807) is 6.92 Å². The van der Waals surface area contributed by atoms with Crippen LogP contribution in [0.4, 0.5) is 4.79 Å². The predicted molar refractivity (Wildman–Crippen MR) is 45.5 cm³/mol. The van der Waals surface area contributed by atoms with Crippen molar-refractivity contribution in [3.05, 3.63) is 0 Å². The van der Waals surface area contributed by atoms with Crippen molar-refractivity contribution in [2.75, 3.05) is 12.9 Å². The van der Waals surface area contributed by atoms with Gasteiger partial charge in [-0.2, -0.15) is 0 Å². The highest BCUT2D eigenvalue weighted by atomic mass is 32.3. The van der Waals surface area contributed by atoms with E-state index in [9.17, 15) is 4.79 Å². The first-order valence-electron chi connectivity index (χ1n) is 3.63. The summed E-state index contributed by atoms with van der Waals surface area (Å²) < 4.78 is 32.0. The third-order valence-electron chi connectivity index (χ3n) is 1.63. The van der Waals surface area contributed by atoms with Crippen LogP contribution in [-0.2, 0) is 13.7 Å². The van der Waals surface area contributed by atoms with Crippen LogP contribution >= 0.6 is 10.9 Å². The molecular weight excluding hydrogens is 200 g/mol. The van der Waals surface area contributed by atoms with Crippen LogP contribution in [0.1, 0.15) is 6.92 Å². The molecule has 1 aliphatic heterocycles. The Morgan fingerprint density at radius 1 is 1.62 bits per heavy atom. The van der Waals surface area contributed by atoms with Crippen LogP contribution < -0.4 is 0 Å². The number of hydrogen-bond acceptors (Lipinski definition) is 6. The summed E-state index contributed by atoms with van der Waals surface area (Å²) in [5.74, 6) is -0.0940. The third kappa shape index (κ3) is 2.73. The fraction of sp³-hybridized carbons (Fsp3) is 0.833. The Hall–Kier alpha value is -0.500. The van der Waals surface area contributed by atoms with Crippen molar-refractivity contribution in [2.45, 2.75) is 19.1 Å². The van der Waals surface area contributed by atoms with Gasteiger partial charge in [0, 0.05) is 0 Å². The maximum absolute atomic E-state index is 10.7. The Morgan fingerprint density at radius 3 is 2.62 bits per heavy atom. The maximum atomic E-state index is 10.7. The molecule has 2 N–H and O–H groups in total. The molecular formula is C6H12O6S. The second-order valence-electron chi connectivity index (χ2n) is 2.69. The van der Waals surface area contributed by atoms with Gasteiger partial charge < -0.3 is 18.6 Å². The lowest BCUT2D eigenvalue weighted by molar-refractivity contribution is 0.0147. The first-order valence-corrected chi connectivity index (χ1v) is 5.27. The second-order valence-corrected chi connectivity index (χ2v) is 4.42. The van der Waals surface area contributed by atoms with Crippen LogP contribution in [0.2, 0.25) is 0 Å². The van der Waals surface area contributed by atoms with Crippen molar-refractivity contribution >= 4 is 17.0 Å². The lowest BCUT2D eigenvalue weighted by Crippen LogP contribution is -2.27. The zero-order chi connectivity index (χ0) is 10.1. The number of carbonyl (C=O) groups is 1. The Balaban J connectivity index is 2.48. The van der Waals surface area contributed by atoms with Gasteiger partial charge in [-0.15, -0.1) is 0 Å². The third-order valence-corrected chi connectivity index (χ3v) is 3.00. The highest BCUT2D eigenvalue weighted by Gasteiger charge is 2.41. The van der Waals surface area contributed by atoms with Crippen LogP contribution in [0, 0.1) is 0 Å². The van der Waals surface area contributed by atoms with Crippen molar-refractivity contribution in [1.29, 1.82) is 0 Å². The predicted octanol–water partition coefficient (Wildman–Crippen LogP) is 1.22. The summed E-state index contributed by atoms with van der Waals surface area (Å²) in [6.07, 6.45) is -2.03. The van der Waals surface area contributed by atoms with Crippen LogP contribution in [-0.4, -0.2) is 40.3 Å². The molecule has 2 unspecified atom stereocenters. The van der Waals surface area contributed by atoms with E-state index in [1.165, 1.54) is 7.11 Å². The summed E-state index contributed by atoms with van der Waals surface area (Å²) in [6, 6.07) is 0. The molecule has 2 atom stereocenters. The smallest absolute Gasteiger partial charge is 0.438 e. The van der Waals surface area contributed by atoms with Gasteiger partial charge in [0.25, 0.3) is 0 Å². The molecule has 0 bridgehead atoms. The van der Waals surface area contributed by atoms with E-state index in [0.717, 1.165) is 0 Å². The quantitative estimate of drug-likeness (QED) is 0.636. The van der Waals surface area contributed by atoms with Crippen molar-refractivity contribution in [3.8, 4) is 0 Å². The molecule has 0 radical (unpaired) electrons. The number of hydrogen-bond donors (Lipinski definition) is 2. The molecule has 0 aromatic heterocycles. The van der Waals surface area contributed by atoms with E-state index in [4.69, 9.17) is 18.0 Å². The first-order chi connectivity index (χ1) is 5.94. The van der Waals surface area contributed by atoms with Crippen LogP contribution in [0.3, 0.4) is 0 Å². The zero-order valence-corrected chi connectivity index (χ0v) is 8.11. The molecule has 7 heteroatoms. The van der Waals surface area contributed by atoms with Gasteiger partial charge >= 0.3 is 6.16 Å². The van der Waals surface area contributed by atoms with Crippen LogP contribution in [0.15, 0.2) is 0 Å². The van der Waals surface area contributed by atoms with Gasteiger partial charge in [-0.25, -0.2) is 4.79 Å². The normalized spacial score (nSPS) is 33.8. The SMILES string of the molecule is COC(=O)OC1CS(O)(O)OC1C. The zero-order valence-electron chi connectivity index (χ0n) is 7.30. The van der Waals surface area contributed by atoms with Gasteiger partial charge in [-0.1, -0.05) is 0 Å². The van der Waals surface area contributed by atoms with Gasteiger partial charge in [-0.05, 0) is 6.92 Å². The van der Waals surface area contributed by atoms with E-state index in [2.05, 4.69) is 4.74 Å². The minimum Gasteiger partial charge on any atom is -0.438 e. The molecule has 0 spiro atoms. The van der Waals surface area contributed by atoms with Crippen molar-refractivity contribution < 1.29 is 27.6 Å². The lowest BCUT2D eigenvalue weighted by Gasteiger charge is -2.17. The van der Waals surface area contributed by atoms with E-state index in [-0.39, 0.29) is 5.75 Å². The molecule has 13 heavy (non-hydrogen) atoms. The fourth-order valence-corrected chi connectivity index (χ4v) is 2.45. The van der Waals surface area contributed by atoms with Gasteiger partial charge in [0.1, 0.15) is 12.2 Å². The van der Waals surface area contributed by atoms with Gasteiger partial charge in [0.15, 0.2) is 0 Å². The number of rotatable bonds is 1. The van der Waals surface area contributed by atoms with E-state index in [0.29, 0.717) is 0 Å². The number of methoxy groups -OCH3 is 1. The maximum Gasteiger partial charge on any atom is 0.508 e. The van der Waals surface area contributed by atoms with Crippen molar-refractivity contribution in [2.24, 2.45) is 0 Å². The highest BCUT2D eigenvalue weighted by molar-refractivity contribution is 8.20. The first kappa shape index (κ1) is 10.6. The summed E-state index contributed by atoms with van der Waals surface area (Å²) in [7, 11) is -1.85. The molecule has 1 rings (SSSR count). The monoisotopic (exact) mass is 212 g/mol. The fourth-order valence-electron chi connectivity index (χ4n) is 0.995. The molecule has 78 valence electrons. The van der Waals surface area contributed by atoms with E-state index in [1.807, 2.05) is 0 Å². The van der Waals surface area contributed by atoms with E-state index >= 15 is 0 Å². The minimum atomic E-state index is -3.03. The molecule has 1 fully saturated rings. The Morgan fingerprint density at radius 2 is 2.23 bits per heavy atom. The molecule has 6 nitrogen and oxygen atoms in total. The molecule has 0 saturated carbocycles. The molecule has 1 aliphatic rings. The Labute approximate surface area is 77.3 Å². The topological polar surface area (TPSA) is 85.2 Å². The molecule has 1 saturated heterocycles. The van der Waals surface area contributed by atoms with E-state index < -0.39 is 29.2 Å². The van der Waals surface area contributed by atoms with Gasteiger partial charge in [0.2, 0.25) is 0 Å². The number of ether oxygens (including phenoxy) is 2. The standard InChI is InChI=1S/C6H12O6S/c1-4-5(11-6(7)10-2)3-13(8,9)12-4/h4-5,8-9H,3H2,1-2H3. The molecule has 1 heterocycles. The highest BCUT2D eigenvalue weighted by Crippen LogP contribution is 2.49. The molecule has 0 amide bonds. The Bertz CT molecular complexity index is 205.